The van der Waals surface area contributed by atoms with Crippen LogP contribution in [-0.4, -0.2) is 13.0 Å². The van der Waals surface area contributed by atoms with Gasteiger partial charge in [0.2, 0.25) is 5.91 Å². The van der Waals surface area contributed by atoms with E-state index < -0.39 is 0 Å². The molecule has 0 unspecified atom stereocenters. The minimum atomic E-state index is -0.225. The number of hydrogen-bond donors (Lipinski definition) is 0. The number of hydrogen-bond acceptors (Lipinski definition) is 2. The Kier molecular flexibility index (Phi) is 4.29. The van der Waals surface area contributed by atoms with Gasteiger partial charge in [-0.1, -0.05) is 42.5 Å². The van der Waals surface area contributed by atoms with Crippen LogP contribution in [-0.2, 0) is 4.79 Å². The highest BCUT2D eigenvalue weighted by Crippen LogP contribution is 2.33. The van der Waals surface area contributed by atoms with Crippen LogP contribution in [0.2, 0.25) is 0 Å². The fraction of sp³-hybridized carbons (Fsp3) is 0.150. The summed E-state index contributed by atoms with van der Waals surface area (Å²) in [5.74, 6) is 0.596. The topological polar surface area (TPSA) is 29.5 Å². The number of carbonyl (C=O) groups is 1. The first-order chi connectivity index (χ1) is 11.2. The first-order valence-corrected chi connectivity index (χ1v) is 7.59. The van der Waals surface area contributed by atoms with Crippen LogP contribution >= 0.6 is 0 Å². The van der Waals surface area contributed by atoms with Crippen LogP contribution in [0.5, 0.6) is 5.75 Å². The zero-order valence-corrected chi connectivity index (χ0v) is 13.3. The lowest BCUT2D eigenvalue weighted by Gasteiger charge is -2.26. The molecule has 1 aliphatic rings. The lowest BCUT2D eigenvalue weighted by Crippen LogP contribution is -2.31. The van der Waals surface area contributed by atoms with E-state index in [1.54, 1.807) is 12.0 Å². The molecule has 1 amide bonds. The summed E-state index contributed by atoms with van der Waals surface area (Å²) in [7, 11) is 1.64. The molecule has 1 aliphatic carbocycles. The van der Waals surface area contributed by atoms with Gasteiger partial charge in [-0.2, -0.15) is 0 Å². The molecule has 0 aromatic heterocycles. The number of methoxy groups -OCH3 is 1. The molecule has 0 saturated carbocycles. The van der Waals surface area contributed by atoms with Crippen molar-refractivity contribution in [3.05, 3.63) is 78.4 Å². The van der Waals surface area contributed by atoms with E-state index in [1.165, 1.54) is 0 Å². The fourth-order valence-corrected chi connectivity index (χ4v) is 2.71. The second-order valence-corrected chi connectivity index (χ2v) is 5.46. The van der Waals surface area contributed by atoms with Gasteiger partial charge in [0.25, 0.3) is 0 Å². The molecule has 0 aliphatic heterocycles. The smallest absolute Gasteiger partial charge is 0.242 e. The molecule has 2 aromatic carbocycles. The van der Waals surface area contributed by atoms with E-state index in [0.717, 1.165) is 22.7 Å². The molecule has 116 valence electrons. The molecule has 2 aromatic rings. The van der Waals surface area contributed by atoms with E-state index in [-0.39, 0.29) is 11.8 Å². The Morgan fingerprint density at radius 3 is 2.35 bits per heavy atom. The van der Waals surface area contributed by atoms with Crippen molar-refractivity contribution in [1.29, 1.82) is 0 Å². The van der Waals surface area contributed by atoms with Crippen LogP contribution in [0.4, 0.5) is 11.4 Å². The maximum Gasteiger partial charge on any atom is 0.242 e. The minimum absolute atomic E-state index is 0.0365. The average molecular weight is 305 g/mol. The molecule has 3 heteroatoms. The van der Waals surface area contributed by atoms with E-state index in [4.69, 9.17) is 4.74 Å². The fourth-order valence-electron chi connectivity index (χ4n) is 2.71. The molecule has 0 bridgehead atoms. The Morgan fingerprint density at radius 1 is 1.04 bits per heavy atom. The van der Waals surface area contributed by atoms with E-state index in [9.17, 15) is 4.79 Å². The number of rotatable bonds is 4. The normalized spacial score (nSPS) is 13.3. The third-order valence-electron chi connectivity index (χ3n) is 3.91. The van der Waals surface area contributed by atoms with Crippen molar-refractivity contribution in [3.8, 4) is 5.75 Å². The molecule has 0 spiro atoms. The largest absolute Gasteiger partial charge is 0.497 e. The second kappa shape index (κ2) is 6.53. The van der Waals surface area contributed by atoms with Crippen molar-refractivity contribution < 1.29 is 9.53 Å². The summed E-state index contributed by atoms with van der Waals surface area (Å²) in [5, 5.41) is 0. The molecule has 0 saturated heterocycles. The highest BCUT2D eigenvalue weighted by Gasteiger charge is 2.25. The summed E-state index contributed by atoms with van der Waals surface area (Å²) >= 11 is 0. The summed E-state index contributed by atoms with van der Waals surface area (Å²) in [6.45, 7) is 1.99. The van der Waals surface area contributed by atoms with Crippen LogP contribution in [0, 0.1) is 12.8 Å². The summed E-state index contributed by atoms with van der Waals surface area (Å²) in [4.78, 5) is 14.8. The van der Waals surface area contributed by atoms with Crippen LogP contribution in [0.3, 0.4) is 0 Å². The molecule has 0 N–H and O–H groups in total. The molecular formula is C20H19NO2. The number of para-hydroxylation sites is 1. The highest BCUT2D eigenvalue weighted by atomic mass is 16.5. The van der Waals surface area contributed by atoms with E-state index in [0.29, 0.717) is 0 Å². The molecule has 3 nitrogen and oxygen atoms in total. The lowest BCUT2D eigenvalue weighted by atomic mass is 10.1. The van der Waals surface area contributed by atoms with E-state index >= 15 is 0 Å². The Morgan fingerprint density at radius 2 is 1.74 bits per heavy atom. The molecule has 0 atom stereocenters. The van der Waals surface area contributed by atoms with Crippen molar-refractivity contribution in [3.63, 3.8) is 0 Å². The van der Waals surface area contributed by atoms with Gasteiger partial charge in [-0.05, 0) is 42.8 Å². The number of ether oxygens (including phenoxy) is 1. The summed E-state index contributed by atoms with van der Waals surface area (Å²) < 4.78 is 5.27. The first kappa shape index (κ1) is 15.1. The van der Waals surface area contributed by atoms with Crippen LogP contribution in [0.15, 0.2) is 72.8 Å². The van der Waals surface area contributed by atoms with Crippen LogP contribution in [0.25, 0.3) is 0 Å². The number of anilines is 2. The summed E-state index contributed by atoms with van der Waals surface area (Å²) in [6.07, 6.45) is 7.65. The van der Waals surface area contributed by atoms with Gasteiger partial charge in [-0.15, -0.1) is 0 Å². The predicted molar refractivity (Wildman–Crippen MR) is 93.1 cm³/mol. The van der Waals surface area contributed by atoms with Crippen LogP contribution < -0.4 is 9.64 Å². The molecule has 3 rings (SSSR count). The monoisotopic (exact) mass is 305 g/mol. The Hall–Kier alpha value is -2.81. The van der Waals surface area contributed by atoms with Gasteiger partial charge in [0.15, 0.2) is 0 Å². The quantitative estimate of drug-likeness (QED) is 0.837. The molecule has 0 radical (unpaired) electrons. The third kappa shape index (κ3) is 3.04. The van der Waals surface area contributed by atoms with Crippen molar-refractivity contribution in [2.24, 2.45) is 5.92 Å². The van der Waals surface area contributed by atoms with Crippen LogP contribution in [0.1, 0.15) is 5.56 Å². The highest BCUT2D eigenvalue weighted by molar-refractivity contribution is 6.04. The number of aryl methyl sites for hydroxylation is 1. The Bertz CT molecular complexity index is 750. The SMILES string of the molecule is COc1ccc(N(C(=O)C2C=CC=C2)c2ccccc2)c(C)c1. The average Bonchev–Trinajstić information content (AvgIpc) is 3.12. The molecule has 0 heterocycles. The Balaban J connectivity index is 2.07. The van der Waals surface area contributed by atoms with Crippen molar-refractivity contribution in [2.45, 2.75) is 6.92 Å². The minimum Gasteiger partial charge on any atom is -0.497 e. The molecule has 0 fully saturated rings. The number of carbonyl (C=O) groups excluding carboxylic acids is 1. The van der Waals surface area contributed by atoms with Gasteiger partial charge in [-0.3, -0.25) is 9.69 Å². The second-order valence-electron chi connectivity index (χ2n) is 5.46. The van der Waals surface area contributed by atoms with E-state index in [2.05, 4.69) is 0 Å². The zero-order valence-electron chi connectivity index (χ0n) is 13.3. The van der Waals surface area contributed by atoms with Gasteiger partial charge in [-0.25, -0.2) is 0 Å². The third-order valence-corrected chi connectivity index (χ3v) is 3.91. The predicted octanol–water partition coefficient (Wildman–Crippen LogP) is 4.41. The number of benzene rings is 2. The van der Waals surface area contributed by atoms with Gasteiger partial charge >= 0.3 is 0 Å². The first-order valence-electron chi connectivity index (χ1n) is 7.59. The number of allylic oxidation sites excluding steroid dienone is 2. The molecule has 23 heavy (non-hydrogen) atoms. The van der Waals surface area contributed by atoms with Gasteiger partial charge < -0.3 is 4.74 Å². The van der Waals surface area contributed by atoms with Gasteiger partial charge in [0, 0.05) is 5.69 Å². The summed E-state index contributed by atoms with van der Waals surface area (Å²) in [5.41, 5.74) is 2.72. The van der Waals surface area contributed by atoms with Gasteiger partial charge in [0.05, 0.1) is 18.7 Å². The van der Waals surface area contributed by atoms with Gasteiger partial charge in [0.1, 0.15) is 5.75 Å². The van der Waals surface area contributed by atoms with Crippen molar-refractivity contribution in [1.82, 2.24) is 0 Å². The lowest BCUT2D eigenvalue weighted by molar-refractivity contribution is -0.119. The molecular weight excluding hydrogens is 286 g/mol. The maximum atomic E-state index is 13.0. The summed E-state index contributed by atoms with van der Waals surface area (Å²) in [6, 6.07) is 15.5. The maximum absolute atomic E-state index is 13.0. The number of amides is 1. The standard InChI is InChI=1S/C20H19NO2/c1-15-14-18(23-2)12-13-19(15)21(17-10-4-3-5-11-17)20(22)16-8-6-7-9-16/h3-14,16H,1-2H3. The van der Waals surface area contributed by atoms with Crippen molar-refractivity contribution in [2.75, 3.05) is 12.0 Å². The van der Waals surface area contributed by atoms with E-state index in [1.807, 2.05) is 79.8 Å². The van der Waals surface area contributed by atoms with Crippen molar-refractivity contribution >= 4 is 17.3 Å². The zero-order chi connectivity index (χ0) is 16.2. The Labute approximate surface area is 136 Å². The number of nitrogens with zero attached hydrogens (tertiary/aromatic N) is 1.